The van der Waals surface area contributed by atoms with Gasteiger partial charge in [0.1, 0.15) is 4.90 Å². The van der Waals surface area contributed by atoms with Gasteiger partial charge in [-0.3, -0.25) is 0 Å². The molecular weight excluding hydrogens is 472 g/mol. The maximum absolute atomic E-state index is 13.7. The molecule has 0 spiro atoms. The molecule has 2 aromatic carbocycles. The van der Waals surface area contributed by atoms with Gasteiger partial charge in [-0.1, -0.05) is 18.2 Å². The van der Waals surface area contributed by atoms with Gasteiger partial charge in [0.25, 0.3) is 10.0 Å². The summed E-state index contributed by atoms with van der Waals surface area (Å²) in [6, 6.07) is 9.17. The quantitative estimate of drug-likeness (QED) is 0.355. The largest absolute Gasteiger partial charge is 0.494 e. The Bertz CT molecular complexity index is 1310. The highest BCUT2D eigenvalue weighted by atomic mass is 32.2. The summed E-state index contributed by atoms with van der Waals surface area (Å²) >= 11 is 0. The van der Waals surface area contributed by atoms with Crippen LogP contribution in [0.5, 0.6) is 5.75 Å². The van der Waals surface area contributed by atoms with E-state index in [2.05, 4.69) is 9.50 Å². The second kappa shape index (κ2) is 8.72. The molecule has 0 bridgehead atoms. The normalized spacial score (nSPS) is 19.8. The first-order chi connectivity index (χ1) is 16.3. The zero-order valence-electron chi connectivity index (χ0n) is 20.9. The van der Waals surface area contributed by atoms with E-state index in [4.69, 9.17) is 14.0 Å². The smallest absolute Gasteiger partial charge is 0.494 e. The van der Waals surface area contributed by atoms with Gasteiger partial charge >= 0.3 is 7.12 Å². The number of halogens is 1. The molecule has 0 unspecified atom stereocenters. The Morgan fingerprint density at radius 1 is 1.11 bits per heavy atom. The number of hydrogen-bond acceptors (Lipinski definition) is 7. The van der Waals surface area contributed by atoms with Crippen molar-refractivity contribution in [3.05, 3.63) is 53.3 Å². The molecule has 2 aliphatic rings. The highest BCUT2D eigenvalue weighted by Gasteiger charge is 2.52. The SMILES string of the molecule is COc1cc(/C=N/N(C2=NS(=O)(=O)c3cc(B4OC(C)(C)C(C)(C)O4)ccc32)C(C)C)ccc1F. The summed E-state index contributed by atoms with van der Waals surface area (Å²) in [5, 5.41) is 5.99. The van der Waals surface area contributed by atoms with E-state index in [1.807, 2.05) is 41.5 Å². The lowest BCUT2D eigenvalue weighted by atomic mass is 9.79. The summed E-state index contributed by atoms with van der Waals surface area (Å²) in [6.07, 6.45) is 1.51. The van der Waals surface area contributed by atoms with Crippen molar-refractivity contribution in [1.82, 2.24) is 5.01 Å². The molecule has 186 valence electrons. The zero-order valence-corrected chi connectivity index (χ0v) is 21.7. The molecule has 2 aromatic rings. The molecule has 1 fully saturated rings. The molecule has 0 N–H and O–H groups in total. The molecule has 0 radical (unpaired) electrons. The molecule has 1 saturated heterocycles. The van der Waals surface area contributed by atoms with E-state index in [1.54, 1.807) is 24.3 Å². The minimum Gasteiger partial charge on any atom is -0.494 e. The molecule has 8 nitrogen and oxygen atoms in total. The third kappa shape index (κ3) is 4.60. The predicted octanol–water partition coefficient (Wildman–Crippen LogP) is 3.33. The number of hydrogen-bond donors (Lipinski definition) is 0. The van der Waals surface area contributed by atoms with E-state index in [0.29, 0.717) is 16.6 Å². The Balaban J connectivity index is 1.68. The van der Waals surface area contributed by atoms with E-state index in [1.165, 1.54) is 30.5 Å². The number of ether oxygens (including phenoxy) is 1. The molecule has 0 atom stereocenters. The van der Waals surface area contributed by atoms with E-state index < -0.39 is 34.2 Å². The molecule has 11 heteroatoms. The van der Waals surface area contributed by atoms with Crippen molar-refractivity contribution >= 4 is 34.7 Å². The van der Waals surface area contributed by atoms with Gasteiger partial charge < -0.3 is 14.0 Å². The Kier molecular flexibility index (Phi) is 6.31. The lowest BCUT2D eigenvalue weighted by Crippen LogP contribution is -2.41. The molecule has 2 heterocycles. The highest BCUT2D eigenvalue weighted by Crippen LogP contribution is 2.37. The fourth-order valence-corrected chi connectivity index (χ4v) is 4.99. The lowest BCUT2D eigenvalue weighted by Gasteiger charge is -2.32. The summed E-state index contributed by atoms with van der Waals surface area (Å²) in [4.78, 5) is 0.0732. The Labute approximate surface area is 206 Å². The van der Waals surface area contributed by atoms with E-state index >= 15 is 0 Å². The number of amidine groups is 1. The summed E-state index contributed by atoms with van der Waals surface area (Å²) in [5.74, 6) is -0.185. The van der Waals surface area contributed by atoms with Gasteiger partial charge in [-0.25, -0.2) is 9.40 Å². The van der Waals surface area contributed by atoms with E-state index in [0.717, 1.165) is 0 Å². The van der Waals surface area contributed by atoms with Crippen molar-refractivity contribution in [3.8, 4) is 5.75 Å². The van der Waals surface area contributed by atoms with Gasteiger partial charge in [-0.15, -0.1) is 4.40 Å². The third-order valence-corrected chi connectivity index (χ3v) is 7.78. The van der Waals surface area contributed by atoms with Crippen LogP contribution < -0.4 is 10.2 Å². The van der Waals surface area contributed by atoms with Crippen LogP contribution in [0.25, 0.3) is 0 Å². The number of methoxy groups -OCH3 is 1. The first-order valence-electron chi connectivity index (χ1n) is 11.3. The molecule has 4 rings (SSSR count). The second-order valence-corrected chi connectivity index (χ2v) is 11.4. The summed E-state index contributed by atoms with van der Waals surface area (Å²) in [6.45, 7) is 11.5. The number of benzene rings is 2. The molecular formula is C24H29BFN3O5S. The number of nitrogens with zero attached hydrogens (tertiary/aromatic N) is 3. The Morgan fingerprint density at radius 2 is 1.77 bits per heavy atom. The summed E-state index contributed by atoms with van der Waals surface area (Å²) < 4.78 is 61.0. The molecule has 0 aliphatic carbocycles. The van der Waals surface area contributed by atoms with Gasteiger partial charge in [0.15, 0.2) is 17.4 Å². The van der Waals surface area contributed by atoms with Crippen molar-refractivity contribution in [3.63, 3.8) is 0 Å². The average molecular weight is 501 g/mol. The maximum Gasteiger partial charge on any atom is 0.494 e. The standard InChI is InChI=1S/C24H29BFN3O5S/c1-15(2)29(27-14-16-8-11-19(26)20(12-16)32-7)22-18-10-9-17(13-21(18)35(30,31)28-22)25-33-23(3,4)24(5,6)34-25/h8-15H,1-7H3/b27-14+. The minimum atomic E-state index is -3.95. The van der Waals surface area contributed by atoms with Crippen molar-refractivity contribution in [2.75, 3.05) is 7.11 Å². The average Bonchev–Trinajstić information content (AvgIpc) is 3.16. The third-order valence-electron chi connectivity index (χ3n) is 6.47. The molecule has 0 amide bonds. The summed E-state index contributed by atoms with van der Waals surface area (Å²) in [5.41, 5.74) is 0.521. The van der Waals surface area contributed by atoms with Crippen LogP contribution in [0.15, 0.2) is 50.8 Å². The van der Waals surface area contributed by atoms with Crippen molar-refractivity contribution < 1.29 is 26.9 Å². The van der Waals surface area contributed by atoms with Crippen LogP contribution in [0.2, 0.25) is 0 Å². The number of rotatable bonds is 5. The maximum atomic E-state index is 13.7. The Morgan fingerprint density at radius 3 is 2.37 bits per heavy atom. The molecule has 0 aromatic heterocycles. The van der Waals surface area contributed by atoms with Crippen LogP contribution in [0.4, 0.5) is 4.39 Å². The predicted molar refractivity (Wildman–Crippen MR) is 133 cm³/mol. The van der Waals surface area contributed by atoms with Gasteiger partial charge in [0.05, 0.1) is 24.5 Å². The van der Waals surface area contributed by atoms with Crippen molar-refractivity contribution in [2.45, 2.75) is 63.7 Å². The topological polar surface area (TPSA) is 89.8 Å². The van der Waals surface area contributed by atoms with Gasteiger partial charge in [-0.2, -0.15) is 13.5 Å². The lowest BCUT2D eigenvalue weighted by molar-refractivity contribution is 0.00578. The van der Waals surface area contributed by atoms with Crippen LogP contribution in [-0.4, -0.2) is 56.9 Å². The van der Waals surface area contributed by atoms with Crippen molar-refractivity contribution in [1.29, 1.82) is 0 Å². The highest BCUT2D eigenvalue weighted by molar-refractivity contribution is 7.90. The fourth-order valence-electron chi connectivity index (χ4n) is 3.76. The molecule has 0 saturated carbocycles. The summed E-state index contributed by atoms with van der Waals surface area (Å²) in [7, 11) is -3.27. The second-order valence-electron chi connectivity index (χ2n) is 9.81. The Hall–Kier alpha value is -2.76. The number of hydrazone groups is 1. The van der Waals surface area contributed by atoms with Crippen LogP contribution in [-0.2, 0) is 19.3 Å². The zero-order chi connectivity index (χ0) is 25.8. The van der Waals surface area contributed by atoms with E-state index in [-0.39, 0.29) is 22.5 Å². The minimum absolute atomic E-state index is 0.0732. The molecule has 2 aliphatic heterocycles. The van der Waals surface area contributed by atoms with Crippen LogP contribution in [0, 0.1) is 5.82 Å². The monoisotopic (exact) mass is 501 g/mol. The van der Waals surface area contributed by atoms with Gasteiger partial charge in [0.2, 0.25) is 0 Å². The number of fused-ring (bicyclic) bond motifs is 1. The van der Waals surface area contributed by atoms with Crippen LogP contribution in [0.1, 0.15) is 52.7 Å². The van der Waals surface area contributed by atoms with E-state index in [9.17, 15) is 12.8 Å². The first-order valence-corrected chi connectivity index (χ1v) is 12.7. The number of sulfonamides is 1. The van der Waals surface area contributed by atoms with Crippen LogP contribution in [0.3, 0.4) is 0 Å². The van der Waals surface area contributed by atoms with Gasteiger partial charge in [-0.05, 0) is 70.8 Å². The first kappa shape index (κ1) is 25.3. The fraction of sp³-hybridized carbons (Fsp3) is 0.417. The molecule has 35 heavy (non-hydrogen) atoms. The van der Waals surface area contributed by atoms with Gasteiger partial charge in [0, 0.05) is 11.6 Å². The van der Waals surface area contributed by atoms with Crippen LogP contribution >= 0.6 is 0 Å². The van der Waals surface area contributed by atoms with Crippen molar-refractivity contribution in [2.24, 2.45) is 9.50 Å².